The molecule has 9 heteroatoms. The van der Waals surface area contributed by atoms with Crippen molar-refractivity contribution in [2.24, 2.45) is 16.6 Å². The van der Waals surface area contributed by atoms with Gasteiger partial charge in [-0.25, -0.2) is 4.98 Å². The number of anilines is 1. The molecule has 1 fully saturated rings. The number of halogens is 1. The molecular formula is C18H31IN6O2. The summed E-state index contributed by atoms with van der Waals surface area (Å²) in [6.07, 6.45) is 3.56. The highest BCUT2D eigenvalue weighted by Crippen LogP contribution is 2.24. The van der Waals surface area contributed by atoms with Gasteiger partial charge in [0.2, 0.25) is 5.91 Å². The number of primary amides is 1. The molecule has 0 aliphatic carbocycles. The first kappa shape index (κ1) is 23.4. The molecule has 1 saturated heterocycles. The van der Waals surface area contributed by atoms with Gasteiger partial charge in [0.05, 0.1) is 12.5 Å². The van der Waals surface area contributed by atoms with Gasteiger partial charge in [0.15, 0.2) is 5.96 Å². The van der Waals surface area contributed by atoms with Gasteiger partial charge in [-0.15, -0.1) is 24.0 Å². The highest BCUT2D eigenvalue weighted by molar-refractivity contribution is 14.0. The fraction of sp³-hybridized carbons (Fsp3) is 0.611. The molecule has 2 atom stereocenters. The summed E-state index contributed by atoms with van der Waals surface area (Å²) < 4.78 is 5.14. The van der Waals surface area contributed by atoms with E-state index in [-0.39, 0.29) is 41.8 Å². The smallest absolute Gasteiger partial charge is 0.222 e. The lowest BCUT2D eigenvalue weighted by molar-refractivity contribution is -0.122. The molecule has 1 aromatic heterocycles. The van der Waals surface area contributed by atoms with Crippen LogP contribution >= 0.6 is 24.0 Å². The van der Waals surface area contributed by atoms with Crippen molar-refractivity contribution in [3.05, 3.63) is 23.9 Å². The Balaban J connectivity index is 0.00000364. The molecule has 0 bridgehead atoms. The van der Waals surface area contributed by atoms with E-state index in [0.717, 1.165) is 30.8 Å². The van der Waals surface area contributed by atoms with E-state index in [1.54, 1.807) is 20.4 Å². The van der Waals surface area contributed by atoms with Crippen molar-refractivity contribution in [1.29, 1.82) is 0 Å². The molecular weight excluding hydrogens is 459 g/mol. The van der Waals surface area contributed by atoms with Crippen LogP contribution in [0.3, 0.4) is 0 Å². The molecule has 1 aliphatic heterocycles. The summed E-state index contributed by atoms with van der Waals surface area (Å²) in [5.74, 6) is 1.25. The molecule has 2 unspecified atom stereocenters. The van der Waals surface area contributed by atoms with Crippen LogP contribution in [-0.4, -0.2) is 56.7 Å². The number of piperidine rings is 1. The maximum absolute atomic E-state index is 11.6. The molecule has 8 nitrogen and oxygen atoms in total. The normalized spacial score (nSPS) is 18.4. The summed E-state index contributed by atoms with van der Waals surface area (Å²) in [5, 5.41) is 6.59. The standard InChI is InChI=1S/C18H30N6O2.HI/c1-13(12-26-3)23-18(20-2)22-10-14-6-4-8-21-17(14)24-9-5-7-15(11-24)16(19)25;/h4,6,8,13,15H,5,7,9-12H2,1-3H3,(H2,19,25)(H2,20,22,23);1H. The van der Waals surface area contributed by atoms with Crippen LogP contribution in [0.5, 0.6) is 0 Å². The lowest BCUT2D eigenvalue weighted by Gasteiger charge is -2.33. The number of carbonyl (C=O) groups excluding carboxylic acids is 1. The monoisotopic (exact) mass is 490 g/mol. The first-order valence-corrected chi connectivity index (χ1v) is 8.99. The third-order valence-electron chi connectivity index (χ3n) is 4.46. The Labute approximate surface area is 178 Å². The van der Waals surface area contributed by atoms with E-state index in [4.69, 9.17) is 10.5 Å². The van der Waals surface area contributed by atoms with Gasteiger partial charge in [0, 0.05) is 51.6 Å². The maximum Gasteiger partial charge on any atom is 0.222 e. The Morgan fingerprint density at radius 1 is 1.56 bits per heavy atom. The second-order valence-corrected chi connectivity index (χ2v) is 6.60. The van der Waals surface area contributed by atoms with Crippen molar-refractivity contribution in [1.82, 2.24) is 15.6 Å². The third-order valence-corrected chi connectivity index (χ3v) is 4.46. The fourth-order valence-electron chi connectivity index (χ4n) is 3.15. The zero-order valence-corrected chi connectivity index (χ0v) is 18.6. The van der Waals surface area contributed by atoms with Gasteiger partial charge in [-0.05, 0) is 25.8 Å². The van der Waals surface area contributed by atoms with Crippen molar-refractivity contribution in [2.45, 2.75) is 32.4 Å². The molecule has 152 valence electrons. The summed E-state index contributed by atoms with van der Waals surface area (Å²) >= 11 is 0. The van der Waals surface area contributed by atoms with Crippen molar-refractivity contribution in [3.8, 4) is 0 Å². The summed E-state index contributed by atoms with van der Waals surface area (Å²) in [5.41, 5.74) is 6.56. The van der Waals surface area contributed by atoms with Crippen molar-refractivity contribution in [3.63, 3.8) is 0 Å². The Hall–Kier alpha value is -1.62. The largest absolute Gasteiger partial charge is 0.383 e. The SMILES string of the molecule is CN=C(NCc1cccnc1N1CCCC(C(N)=O)C1)NC(C)COC.I. The first-order valence-electron chi connectivity index (χ1n) is 8.99. The third kappa shape index (κ3) is 7.13. The predicted octanol–water partition coefficient (Wildman–Crippen LogP) is 1.10. The van der Waals surface area contributed by atoms with Gasteiger partial charge in [-0.3, -0.25) is 9.79 Å². The number of amides is 1. The Morgan fingerprint density at radius 2 is 2.33 bits per heavy atom. The van der Waals surface area contributed by atoms with E-state index < -0.39 is 0 Å². The average molecular weight is 490 g/mol. The molecule has 2 rings (SSSR count). The number of nitrogens with one attached hydrogen (secondary N) is 2. The quantitative estimate of drug-likeness (QED) is 0.301. The van der Waals surface area contributed by atoms with Crippen LogP contribution in [-0.2, 0) is 16.1 Å². The van der Waals surface area contributed by atoms with Gasteiger partial charge in [-0.1, -0.05) is 6.07 Å². The maximum atomic E-state index is 11.6. The van der Waals surface area contributed by atoms with E-state index in [0.29, 0.717) is 25.7 Å². The number of pyridine rings is 1. The predicted molar refractivity (Wildman–Crippen MR) is 118 cm³/mol. The number of hydrogen-bond donors (Lipinski definition) is 3. The summed E-state index contributed by atoms with van der Waals surface area (Å²) in [6, 6.07) is 4.10. The Kier molecular flexibility index (Phi) is 10.4. The second kappa shape index (κ2) is 12.0. The number of ether oxygens (including phenoxy) is 1. The number of nitrogens with zero attached hydrogens (tertiary/aromatic N) is 3. The van der Waals surface area contributed by atoms with Crippen LogP contribution in [0.15, 0.2) is 23.3 Å². The topological polar surface area (TPSA) is 105 Å². The Bertz CT molecular complexity index is 628. The number of guanidine groups is 1. The molecule has 1 aliphatic rings. The minimum atomic E-state index is -0.234. The molecule has 0 spiro atoms. The first-order chi connectivity index (χ1) is 12.5. The van der Waals surface area contributed by atoms with Crippen LogP contribution in [0.1, 0.15) is 25.3 Å². The highest BCUT2D eigenvalue weighted by Gasteiger charge is 2.25. The molecule has 0 saturated carbocycles. The number of methoxy groups -OCH3 is 1. The zero-order valence-electron chi connectivity index (χ0n) is 16.3. The van der Waals surface area contributed by atoms with Crippen LogP contribution in [0.2, 0.25) is 0 Å². The molecule has 1 aromatic rings. The van der Waals surface area contributed by atoms with E-state index in [9.17, 15) is 4.79 Å². The van der Waals surface area contributed by atoms with Crippen LogP contribution in [0, 0.1) is 5.92 Å². The van der Waals surface area contributed by atoms with E-state index in [2.05, 4.69) is 25.5 Å². The van der Waals surface area contributed by atoms with Gasteiger partial charge < -0.3 is 26.0 Å². The number of aliphatic imine (C=N–C) groups is 1. The summed E-state index contributed by atoms with van der Waals surface area (Å²) in [4.78, 5) is 22.5. The van der Waals surface area contributed by atoms with E-state index >= 15 is 0 Å². The Morgan fingerprint density at radius 3 is 3.00 bits per heavy atom. The number of rotatable bonds is 7. The number of nitrogens with two attached hydrogens (primary N) is 1. The van der Waals surface area contributed by atoms with Crippen LogP contribution < -0.4 is 21.3 Å². The highest BCUT2D eigenvalue weighted by atomic mass is 127. The van der Waals surface area contributed by atoms with Crippen molar-refractivity contribution >= 4 is 41.7 Å². The molecule has 0 radical (unpaired) electrons. The van der Waals surface area contributed by atoms with Crippen LogP contribution in [0.25, 0.3) is 0 Å². The summed E-state index contributed by atoms with van der Waals surface area (Å²) in [6.45, 7) is 4.72. The molecule has 4 N–H and O–H groups in total. The minimum Gasteiger partial charge on any atom is -0.383 e. The average Bonchev–Trinajstić information content (AvgIpc) is 2.65. The number of carbonyl (C=O) groups is 1. The second-order valence-electron chi connectivity index (χ2n) is 6.60. The van der Waals surface area contributed by atoms with Crippen LogP contribution in [0.4, 0.5) is 5.82 Å². The molecule has 1 amide bonds. The number of aromatic nitrogens is 1. The van der Waals surface area contributed by atoms with E-state index in [1.807, 2.05) is 19.1 Å². The van der Waals surface area contributed by atoms with Crippen molar-refractivity contribution in [2.75, 3.05) is 38.8 Å². The van der Waals surface area contributed by atoms with Gasteiger partial charge in [0.1, 0.15) is 5.82 Å². The molecule has 27 heavy (non-hydrogen) atoms. The lowest BCUT2D eigenvalue weighted by Crippen LogP contribution is -2.44. The van der Waals surface area contributed by atoms with E-state index in [1.165, 1.54) is 0 Å². The lowest BCUT2D eigenvalue weighted by atomic mass is 9.97. The van der Waals surface area contributed by atoms with Crippen molar-refractivity contribution < 1.29 is 9.53 Å². The molecule has 0 aromatic carbocycles. The van der Waals surface area contributed by atoms with Gasteiger partial charge in [-0.2, -0.15) is 0 Å². The van der Waals surface area contributed by atoms with Gasteiger partial charge >= 0.3 is 0 Å². The number of hydrogen-bond acceptors (Lipinski definition) is 5. The fourth-order valence-corrected chi connectivity index (χ4v) is 3.15. The zero-order chi connectivity index (χ0) is 18.9. The van der Waals surface area contributed by atoms with Gasteiger partial charge in [0.25, 0.3) is 0 Å². The molecule has 2 heterocycles. The summed E-state index contributed by atoms with van der Waals surface area (Å²) in [7, 11) is 3.41. The minimum absolute atomic E-state index is 0.